The Morgan fingerprint density at radius 3 is 2.79 bits per heavy atom. The van der Waals surface area contributed by atoms with E-state index in [9.17, 15) is 0 Å². The highest BCUT2D eigenvalue weighted by molar-refractivity contribution is 5.38. The number of ether oxygens (including phenoxy) is 1. The average molecular weight is 257 g/mol. The van der Waals surface area contributed by atoms with Crippen LogP contribution in [0.2, 0.25) is 0 Å². The molecule has 0 atom stereocenters. The van der Waals surface area contributed by atoms with Crippen molar-refractivity contribution in [3.05, 3.63) is 47.5 Å². The molecule has 0 unspecified atom stereocenters. The molecule has 4 heteroatoms. The fourth-order valence-corrected chi connectivity index (χ4v) is 1.75. The van der Waals surface area contributed by atoms with Gasteiger partial charge in [-0.15, -0.1) is 0 Å². The molecule has 0 amide bonds. The zero-order valence-electron chi connectivity index (χ0n) is 11.6. The second-order valence-electron chi connectivity index (χ2n) is 4.40. The minimum Gasteiger partial charge on any atom is -0.455 e. The van der Waals surface area contributed by atoms with Crippen LogP contribution in [0.5, 0.6) is 11.5 Å². The lowest BCUT2D eigenvalue weighted by Crippen LogP contribution is -2.13. The summed E-state index contributed by atoms with van der Waals surface area (Å²) in [4.78, 5) is 8.55. The summed E-state index contributed by atoms with van der Waals surface area (Å²) in [6, 6.07) is 5.76. The Labute approximate surface area is 113 Å². The third-order valence-corrected chi connectivity index (χ3v) is 2.82. The summed E-state index contributed by atoms with van der Waals surface area (Å²) in [5.74, 6) is 1.62. The van der Waals surface area contributed by atoms with Crippen LogP contribution in [0.3, 0.4) is 0 Å². The zero-order valence-corrected chi connectivity index (χ0v) is 11.6. The number of rotatable bonds is 5. The first kappa shape index (κ1) is 13.5. The molecule has 1 N–H and O–H groups in total. The van der Waals surface area contributed by atoms with Gasteiger partial charge in [0.25, 0.3) is 0 Å². The van der Waals surface area contributed by atoms with Crippen LogP contribution >= 0.6 is 0 Å². The molecule has 0 aliphatic carbocycles. The Balaban J connectivity index is 2.27. The maximum Gasteiger partial charge on any atom is 0.148 e. The van der Waals surface area contributed by atoms with Crippen molar-refractivity contribution in [3.63, 3.8) is 0 Å². The average Bonchev–Trinajstić information content (AvgIpc) is 2.40. The van der Waals surface area contributed by atoms with Crippen LogP contribution in [0, 0.1) is 13.8 Å². The van der Waals surface area contributed by atoms with E-state index in [2.05, 4.69) is 22.2 Å². The van der Waals surface area contributed by atoms with E-state index in [0.717, 1.165) is 41.5 Å². The molecular formula is C15H19N3O. The summed E-state index contributed by atoms with van der Waals surface area (Å²) in [6.07, 6.45) is 3.62. The van der Waals surface area contributed by atoms with Gasteiger partial charge in [0, 0.05) is 36.3 Å². The van der Waals surface area contributed by atoms with Gasteiger partial charge in [-0.25, -0.2) is 0 Å². The van der Waals surface area contributed by atoms with E-state index in [4.69, 9.17) is 4.74 Å². The van der Waals surface area contributed by atoms with Crippen molar-refractivity contribution < 1.29 is 4.74 Å². The second kappa shape index (κ2) is 6.29. The molecule has 0 aromatic carbocycles. The number of nitrogens with zero attached hydrogens (tertiary/aromatic N) is 2. The van der Waals surface area contributed by atoms with E-state index in [-0.39, 0.29) is 0 Å². The Morgan fingerprint density at radius 2 is 2.05 bits per heavy atom. The summed E-state index contributed by atoms with van der Waals surface area (Å²) in [6.45, 7) is 7.64. The fraction of sp³-hybridized carbons (Fsp3) is 0.333. The lowest BCUT2D eigenvalue weighted by atomic mass is 10.2. The van der Waals surface area contributed by atoms with Crippen LogP contribution in [0.1, 0.15) is 23.9 Å². The molecule has 100 valence electrons. The van der Waals surface area contributed by atoms with Crippen LogP contribution in [0.25, 0.3) is 0 Å². The number of nitrogens with one attached hydrogen (secondary N) is 1. The molecule has 4 nitrogen and oxygen atoms in total. The topological polar surface area (TPSA) is 47.0 Å². The summed E-state index contributed by atoms with van der Waals surface area (Å²) in [5, 5.41) is 3.29. The van der Waals surface area contributed by atoms with Gasteiger partial charge in [0.1, 0.15) is 11.5 Å². The normalized spacial score (nSPS) is 10.5. The Hall–Kier alpha value is -1.94. The SMILES string of the molecule is CCNCc1cnc(C)cc1Oc1cccnc1C. The van der Waals surface area contributed by atoms with Crippen LogP contribution in [-0.4, -0.2) is 16.5 Å². The minimum atomic E-state index is 0.748. The Kier molecular flexibility index (Phi) is 4.47. The van der Waals surface area contributed by atoms with Crippen molar-refractivity contribution in [1.82, 2.24) is 15.3 Å². The molecule has 0 bridgehead atoms. The maximum absolute atomic E-state index is 5.98. The minimum absolute atomic E-state index is 0.748. The predicted molar refractivity (Wildman–Crippen MR) is 75.4 cm³/mol. The molecule has 0 aliphatic heterocycles. The number of aromatic nitrogens is 2. The first-order valence-corrected chi connectivity index (χ1v) is 6.46. The molecule has 2 aromatic rings. The summed E-state index contributed by atoms with van der Waals surface area (Å²) >= 11 is 0. The molecule has 19 heavy (non-hydrogen) atoms. The highest BCUT2D eigenvalue weighted by Gasteiger charge is 2.08. The van der Waals surface area contributed by atoms with E-state index in [1.165, 1.54) is 0 Å². The van der Waals surface area contributed by atoms with Gasteiger partial charge in [0.05, 0.1) is 5.69 Å². The lowest BCUT2D eigenvalue weighted by Gasteiger charge is -2.13. The summed E-state index contributed by atoms with van der Waals surface area (Å²) in [5.41, 5.74) is 2.87. The van der Waals surface area contributed by atoms with E-state index in [1.807, 2.05) is 38.2 Å². The smallest absolute Gasteiger partial charge is 0.148 e. The van der Waals surface area contributed by atoms with Gasteiger partial charge in [-0.1, -0.05) is 6.92 Å². The second-order valence-corrected chi connectivity index (χ2v) is 4.40. The Bertz CT molecular complexity index is 555. The van der Waals surface area contributed by atoms with Gasteiger partial charge in [0.15, 0.2) is 0 Å². The standard InChI is InChI=1S/C15H19N3O/c1-4-16-9-13-10-18-11(2)8-15(13)19-14-6-5-7-17-12(14)3/h5-8,10,16H,4,9H2,1-3H3. The molecule has 2 aromatic heterocycles. The molecule has 0 radical (unpaired) electrons. The third-order valence-electron chi connectivity index (χ3n) is 2.82. The summed E-state index contributed by atoms with van der Waals surface area (Å²) in [7, 11) is 0. The summed E-state index contributed by atoms with van der Waals surface area (Å²) < 4.78 is 5.98. The van der Waals surface area contributed by atoms with Gasteiger partial charge in [-0.05, 0) is 32.5 Å². The first-order chi connectivity index (χ1) is 9.20. The molecule has 2 rings (SSSR count). The maximum atomic E-state index is 5.98. The molecule has 2 heterocycles. The van der Waals surface area contributed by atoms with E-state index < -0.39 is 0 Å². The lowest BCUT2D eigenvalue weighted by molar-refractivity contribution is 0.465. The van der Waals surface area contributed by atoms with Crippen molar-refractivity contribution in [3.8, 4) is 11.5 Å². The fourth-order valence-electron chi connectivity index (χ4n) is 1.75. The Morgan fingerprint density at radius 1 is 1.21 bits per heavy atom. The third kappa shape index (κ3) is 3.51. The van der Waals surface area contributed by atoms with E-state index >= 15 is 0 Å². The van der Waals surface area contributed by atoms with Gasteiger partial charge in [0.2, 0.25) is 0 Å². The van der Waals surface area contributed by atoms with Crippen LogP contribution in [0.15, 0.2) is 30.6 Å². The van der Waals surface area contributed by atoms with Crippen molar-refractivity contribution >= 4 is 0 Å². The van der Waals surface area contributed by atoms with E-state index in [0.29, 0.717) is 0 Å². The molecule has 0 fully saturated rings. The zero-order chi connectivity index (χ0) is 13.7. The van der Waals surface area contributed by atoms with E-state index in [1.54, 1.807) is 6.20 Å². The molecule has 0 aliphatic rings. The quantitative estimate of drug-likeness (QED) is 0.894. The molecule has 0 saturated heterocycles. The van der Waals surface area contributed by atoms with Crippen molar-refractivity contribution in [2.24, 2.45) is 0 Å². The van der Waals surface area contributed by atoms with Crippen LogP contribution in [-0.2, 0) is 6.54 Å². The number of pyridine rings is 2. The molecular weight excluding hydrogens is 238 g/mol. The van der Waals surface area contributed by atoms with Gasteiger partial charge in [-0.3, -0.25) is 9.97 Å². The van der Waals surface area contributed by atoms with Gasteiger partial charge in [-0.2, -0.15) is 0 Å². The predicted octanol–water partition coefficient (Wildman–Crippen LogP) is 3.00. The number of aryl methyl sites for hydroxylation is 2. The number of hydrogen-bond acceptors (Lipinski definition) is 4. The highest BCUT2D eigenvalue weighted by Crippen LogP contribution is 2.27. The molecule has 0 saturated carbocycles. The highest BCUT2D eigenvalue weighted by atomic mass is 16.5. The van der Waals surface area contributed by atoms with Crippen molar-refractivity contribution in [1.29, 1.82) is 0 Å². The monoisotopic (exact) mass is 257 g/mol. The van der Waals surface area contributed by atoms with Gasteiger partial charge < -0.3 is 10.1 Å². The van der Waals surface area contributed by atoms with Crippen molar-refractivity contribution in [2.45, 2.75) is 27.3 Å². The van der Waals surface area contributed by atoms with Crippen LogP contribution < -0.4 is 10.1 Å². The first-order valence-electron chi connectivity index (χ1n) is 6.46. The van der Waals surface area contributed by atoms with Gasteiger partial charge >= 0.3 is 0 Å². The molecule has 0 spiro atoms. The number of hydrogen-bond donors (Lipinski definition) is 1. The largest absolute Gasteiger partial charge is 0.455 e. The van der Waals surface area contributed by atoms with Crippen LogP contribution in [0.4, 0.5) is 0 Å². The van der Waals surface area contributed by atoms with Crippen molar-refractivity contribution in [2.75, 3.05) is 6.54 Å².